The number of rotatable bonds is 3. The Balaban J connectivity index is 1.65. The van der Waals surface area contributed by atoms with Gasteiger partial charge in [0.15, 0.2) is 0 Å². The number of halogens is 2. The van der Waals surface area contributed by atoms with Gasteiger partial charge in [-0.2, -0.15) is 0 Å². The van der Waals surface area contributed by atoms with Gasteiger partial charge in [-0.1, -0.05) is 30.3 Å². The number of hydrogen-bond donors (Lipinski definition) is 1. The highest BCUT2D eigenvalue weighted by atomic mass is 19.3. The van der Waals surface area contributed by atoms with Crippen molar-refractivity contribution in [1.29, 1.82) is 0 Å². The van der Waals surface area contributed by atoms with E-state index in [0.717, 1.165) is 5.56 Å². The van der Waals surface area contributed by atoms with Gasteiger partial charge in [-0.15, -0.1) is 0 Å². The van der Waals surface area contributed by atoms with Crippen molar-refractivity contribution in [3.63, 3.8) is 0 Å². The molecule has 2 bridgehead atoms. The first-order chi connectivity index (χ1) is 10.5. The van der Waals surface area contributed by atoms with E-state index in [9.17, 15) is 18.7 Å². The van der Waals surface area contributed by atoms with E-state index in [-0.39, 0.29) is 26.1 Å². The minimum atomic E-state index is -2.92. The largest absolute Gasteiger partial charge is 0.445 e. The molecule has 2 atom stereocenters. The number of ether oxygens (including phenoxy) is 1. The third-order valence-corrected chi connectivity index (χ3v) is 4.89. The first-order valence-corrected chi connectivity index (χ1v) is 7.43. The van der Waals surface area contributed by atoms with Gasteiger partial charge in [0.1, 0.15) is 6.61 Å². The zero-order valence-corrected chi connectivity index (χ0v) is 12.2. The van der Waals surface area contributed by atoms with Crippen LogP contribution in [0.4, 0.5) is 13.6 Å². The Morgan fingerprint density at radius 1 is 1.36 bits per heavy atom. The van der Waals surface area contributed by atoms with Crippen molar-refractivity contribution < 1.29 is 23.4 Å². The summed E-state index contributed by atoms with van der Waals surface area (Å²) in [5.74, 6) is -3.81. The summed E-state index contributed by atoms with van der Waals surface area (Å²) in [4.78, 5) is 13.5. The summed E-state index contributed by atoms with van der Waals surface area (Å²) >= 11 is 0. The predicted octanol–water partition coefficient (Wildman–Crippen LogP) is 2.66. The molecule has 1 N–H and O–H groups in total. The zero-order chi connectivity index (χ0) is 15.8. The van der Waals surface area contributed by atoms with Crippen molar-refractivity contribution in [2.45, 2.75) is 25.4 Å². The number of aliphatic hydroxyl groups is 1. The number of benzene rings is 1. The van der Waals surface area contributed by atoms with E-state index in [1.807, 2.05) is 30.3 Å². The third kappa shape index (κ3) is 2.35. The Kier molecular flexibility index (Phi) is 3.80. The number of hydrogen-bond acceptors (Lipinski definition) is 3. The lowest BCUT2D eigenvalue weighted by molar-refractivity contribution is -0.180. The minimum absolute atomic E-state index is 0.0115. The van der Waals surface area contributed by atoms with E-state index in [1.165, 1.54) is 4.90 Å². The van der Waals surface area contributed by atoms with Gasteiger partial charge in [0.2, 0.25) is 0 Å². The number of amides is 1. The second-order valence-electron chi connectivity index (χ2n) is 6.22. The van der Waals surface area contributed by atoms with Crippen LogP contribution in [0.2, 0.25) is 0 Å². The number of nitrogens with zero attached hydrogens (tertiary/aromatic N) is 1. The van der Waals surface area contributed by atoms with Crippen LogP contribution in [-0.4, -0.2) is 41.7 Å². The van der Waals surface area contributed by atoms with E-state index in [2.05, 4.69) is 0 Å². The monoisotopic (exact) mass is 311 g/mol. The molecule has 22 heavy (non-hydrogen) atoms. The molecule has 2 aliphatic rings. The van der Waals surface area contributed by atoms with Crippen molar-refractivity contribution in [2.75, 3.05) is 19.7 Å². The maximum atomic E-state index is 14.3. The summed E-state index contributed by atoms with van der Waals surface area (Å²) < 4.78 is 33.7. The Labute approximate surface area is 127 Å². The molecular formula is C16H19F2NO3. The van der Waals surface area contributed by atoms with Crippen LogP contribution in [0.15, 0.2) is 30.3 Å². The molecule has 2 fully saturated rings. The van der Waals surface area contributed by atoms with Crippen LogP contribution < -0.4 is 0 Å². The maximum absolute atomic E-state index is 14.3. The average molecular weight is 311 g/mol. The zero-order valence-electron chi connectivity index (χ0n) is 12.2. The minimum Gasteiger partial charge on any atom is -0.445 e. The number of alkyl halides is 2. The van der Waals surface area contributed by atoms with Gasteiger partial charge in [-0.3, -0.25) is 0 Å². The van der Waals surface area contributed by atoms with Gasteiger partial charge in [0.25, 0.3) is 5.92 Å². The molecule has 1 heterocycles. The lowest BCUT2D eigenvalue weighted by Crippen LogP contribution is -2.59. The lowest BCUT2D eigenvalue weighted by atomic mass is 9.79. The molecule has 4 nitrogen and oxygen atoms in total. The number of aliphatic hydroxyl groups excluding tert-OH is 1. The van der Waals surface area contributed by atoms with E-state index in [0.29, 0.717) is 6.42 Å². The fraction of sp³-hybridized carbons (Fsp3) is 0.562. The summed E-state index contributed by atoms with van der Waals surface area (Å²) in [5, 5.41) is 9.45. The quantitative estimate of drug-likeness (QED) is 0.933. The molecule has 120 valence electrons. The molecule has 0 radical (unpaired) electrons. The summed E-state index contributed by atoms with van der Waals surface area (Å²) in [6.45, 7) is -0.661. The molecule has 3 rings (SSSR count). The highest BCUT2D eigenvalue weighted by molar-refractivity contribution is 5.68. The Morgan fingerprint density at radius 3 is 2.77 bits per heavy atom. The molecule has 1 saturated heterocycles. The molecule has 1 aliphatic carbocycles. The molecule has 0 aromatic heterocycles. The first-order valence-electron chi connectivity index (χ1n) is 7.43. The van der Waals surface area contributed by atoms with E-state index in [4.69, 9.17) is 4.74 Å². The molecule has 1 aromatic rings. The van der Waals surface area contributed by atoms with Crippen LogP contribution in [0.3, 0.4) is 0 Å². The van der Waals surface area contributed by atoms with Crippen LogP contribution in [0, 0.1) is 11.3 Å². The predicted molar refractivity (Wildman–Crippen MR) is 75.4 cm³/mol. The van der Waals surface area contributed by atoms with Gasteiger partial charge in [-0.05, 0) is 18.4 Å². The second kappa shape index (κ2) is 5.50. The Morgan fingerprint density at radius 2 is 2.09 bits per heavy atom. The molecule has 2 unspecified atom stereocenters. The van der Waals surface area contributed by atoms with Crippen LogP contribution in [0.25, 0.3) is 0 Å². The van der Waals surface area contributed by atoms with Gasteiger partial charge in [0, 0.05) is 19.0 Å². The standard InChI is InChI=1S/C16H19F2NO3/c17-16(18)13-6-7-15(16,11-20)10-19(8-13)14(21)22-9-12-4-2-1-3-5-12/h1-5,13,20H,6-11H2. The molecule has 1 saturated carbocycles. The van der Waals surface area contributed by atoms with Crippen molar-refractivity contribution in [3.05, 3.63) is 35.9 Å². The van der Waals surface area contributed by atoms with Gasteiger partial charge >= 0.3 is 6.09 Å². The number of carbonyl (C=O) groups is 1. The summed E-state index contributed by atoms with van der Waals surface area (Å²) in [6, 6.07) is 9.20. The third-order valence-electron chi connectivity index (χ3n) is 4.89. The molecule has 6 heteroatoms. The van der Waals surface area contributed by atoms with Crippen molar-refractivity contribution in [3.8, 4) is 0 Å². The average Bonchev–Trinajstić information content (AvgIpc) is 2.70. The Hall–Kier alpha value is -1.69. The van der Waals surface area contributed by atoms with Crippen molar-refractivity contribution in [2.24, 2.45) is 11.3 Å². The SMILES string of the molecule is O=C(OCc1ccccc1)N1CC2CCC(CO)(C1)C2(F)F. The highest BCUT2D eigenvalue weighted by Gasteiger charge is 2.66. The second-order valence-corrected chi connectivity index (χ2v) is 6.22. The van der Waals surface area contributed by atoms with Crippen LogP contribution in [0.5, 0.6) is 0 Å². The van der Waals surface area contributed by atoms with E-state index in [1.54, 1.807) is 0 Å². The number of piperidine rings is 1. The smallest absolute Gasteiger partial charge is 0.410 e. The normalized spacial score (nSPS) is 29.4. The van der Waals surface area contributed by atoms with Gasteiger partial charge in [0.05, 0.1) is 12.0 Å². The maximum Gasteiger partial charge on any atom is 0.410 e. The topological polar surface area (TPSA) is 49.8 Å². The van der Waals surface area contributed by atoms with Crippen molar-refractivity contribution >= 4 is 6.09 Å². The fourth-order valence-electron chi connectivity index (χ4n) is 3.50. The molecular weight excluding hydrogens is 292 g/mol. The molecule has 1 aliphatic heterocycles. The Bertz CT molecular complexity index is 552. The summed E-state index contributed by atoms with van der Waals surface area (Å²) in [5.41, 5.74) is -0.667. The lowest BCUT2D eigenvalue weighted by Gasteiger charge is -2.44. The van der Waals surface area contributed by atoms with Crippen LogP contribution in [-0.2, 0) is 11.3 Å². The highest BCUT2D eigenvalue weighted by Crippen LogP contribution is 2.56. The van der Waals surface area contributed by atoms with Crippen molar-refractivity contribution in [1.82, 2.24) is 4.90 Å². The summed E-state index contributed by atoms with van der Waals surface area (Å²) in [6.07, 6.45) is -0.0243. The number of carbonyl (C=O) groups excluding carboxylic acids is 1. The molecule has 1 aromatic carbocycles. The fourth-order valence-corrected chi connectivity index (χ4v) is 3.50. The number of fused-ring (bicyclic) bond motifs is 2. The first kappa shape index (κ1) is 15.2. The van der Waals surface area contributed by atoms with Crippen LogP contribution >= 0.6 is 0 Å². The van der Waals surface area contributed by atoms with Gasteiger partial charge in [-0.25, -0.2) is 13.6 Å². The van der Waals surface area contributed by atoms with Crippen LogP contribution in [0.1, 0.15) is 18.4 Å². The molecule has 1 amide bonds. The summed E-state index contributed by atoms with van der Waals surface area (Å²) in [7, 11) is 0. The number of likely N-dealkylation sites (tertiary alicyclic amines) is 1. The van der Waals surface area contributed by atoms with E-state index >= 15 is 0 Å². The van der Waals surface area contributed by atoms with Gasteiger partial charge < -0.3 is 14.7 Å². The molecule has 0 spiro atoms. The van der Waals surface area contributed by atoms with E-state index < -0.39 is 30.0 Å².